The van der Waals surface area contributed by atoms with Crippen LogP contribution in [0, 0.1) is 31.0 Å². The highest BCUT2D eigenvalue weighted by atomic mass is 35.5. The van der Waals surface area contributed by atoms with Crippen molar-refractivity contribution in [1.29, 1.82) is 5.26 Å². The molecule has 2 N–H and O–H groups in total. The van der Waals surface area contributed by atoms with Crippen LogP contribution in [0.25, 0.3) is 11.1 Å². The number of nitrogens with zero attached hydrogens (tertiary/aromatic N) is 2. The fourth-order valence-corrected chi connectivity index (χ4v) is 4.46. The molecule has 4 rings (SSSR count). The molecule has 0 amide bonds. The highest BCUT2D eigenvalue weighted by Gasteiger charge is 2.23. The van der Waals surface area contributed by atoms with E-state index in [-0.39, 0.29) is 17.4 Å². The Hall–Kier alpha value is -3.10. The molecule has 0 atom stereocenters. The zero-order valence-electron chi connectivity index (χ0n) is 17.6. The number of halogens is 2. The van der Waals surface area contributed by atoms with Gasteiger partial charge in [0, 0.05) is 11.3 Å². The van der Waals surface area contributed by atoms with Crippen molar-refractivity contribution in [3.05, 3.63) is 74.7 Å². The first-order valence-electron chi connectivity index (χ1n) is 10.3. The van der Waals surface area contributed by atoms with Crippen LogP contribution in [-0.2, 0) is 19.4 Å². The van der Waals surface area contributed by atoms with Crippen molar-refractivity contribution in [3.63, 3.8) is 0 Å². The Labute approximate surface area is 186 Å². The summed E-state index contributed by atoms with van der Waals surface area (Å²) < 4.78 is 19.2. The third kappa shape index (κ3) is 4.08. The Bertz CT molecular complexity index is 1220. The molecule has 0 radical (unpaired) electrons. The first kappa shape index (κ1) is 21.1. The van der Waals surface area contributed by atoms with E-state index in [1.165, 1.54) is 18.2 Å². The van der Waals surface area contributed by atoms with Gasteiger partial charge in [-0.2, -0.15) is 5.26 Å². The molecule has 0 spiro atoms. The highest BCUT2D eigenvalue weighted by Crippen LogP contribution is 2.38. The van der Waals surface area contributed by atoms with Crippen molar-refractivity contribution in [2.75, 3.05) is 5.73 Å². The van der Waals surface area contributed by atoms with Crippen molar-refractivity contribution in [3.8, 4) is 22.9 Å². The van der Waals surface area contributed by atoms with Gasteiger partial charge < -0.3 is 10.5 Å². The molecule has 0 bridgehead atoms. The standard InChI is InChI=1S/C25H23ClFN3O/c1-14-9-15(2)19(10-16(14)13-31-23-8-7-17(27)11-21(23)26)24-18-5-3-4-6-22(18)30-25(29)20(24)12-28/h7-11H,3-6,13H2,1-2H3,(H2,29,30). The lowest BCUT2D eigenvalue weighted by atomic mass is 9.84. The van der Waals surface area contributed by atoms with Gasteiger partial charge in [0.05, 0.1) is 5.02 Å². The van der Waals surface area contributed by atoms with Gasteiger partial charge in [-0.1, -0.05) is 17.7 Å². The van der Waals surface area contributed by atoms with Gasteiger partial charge in [0.25, 0.3) is 0 Å². The van der Waals surface area contributed by atoms with Gasteiger partial charge in [-0.3, -0.25) is 0 Å². The maximum atomic E-state index is 13.3. The average Bonchev–Trinajstić information content (AvgIpc) is 2.73. The number of aryl methyl sites for hydroxylation is 3. The Morgan fingerprint density at radius 2 is 1.94 bits per heavy atom. The maximum absolute atomic E-state index is 13.3. The number of pyridine rings is 1. The number of ether oxygens (including phenoxy) is 1. The highest BCUT2D eigenvalue weighted by molar-refractivity contribution is 6.32. The SMILES string of the molecule is Cc1cc(C)c(-c2c(C#N)c(N)nc3c2CCCC3)cc1COc1ccc(F)cc1Cl. The summed E-state index contributed by atoms with van der Waals surface area (Å²) in [6, 6.07) is 10.5. The van der Waals surface area contributed by atoms with Gasteiger partial charge in [0.2, 0.25) is 0 Å². The summed E-state index contributed by atoms with van der Waals surface area (Å²) >= 11 is 6.10. The van der Waals surface area contributed by atoms with Crippen LogP contribution in [0.3, 0.4) is 0 Å². The number of hydrogen-bond donors (Lipinski definition) is 1. The van der Waals surface area contributed by atoms with Crippen LogP contribution in [0.4, 0.5) is 10.2 Å². The van der Waals surface area contributed by atoms with E-state index < -0.39 is 5.82 Å². The Kier molecular flexibility index (Phi) is 5.84. The monoisotopic (exact) mass is 435 g/mol. The summed E-state index contributed by atoms with van der Waals surface area (Å²) in [6.07, 6.45) is 3.91. The zero-order valence-corrected chi connectivity index (χ0v) is 18.3. The van der Waals surface area contributed by atoms with Crippen LogP contribution < -0.4 is 10.5 Å². The smallest absolute Gasteiger partial charge is 0.142 e. The number of aromatic nitrogens is 1. The van der Waals surface area contributed by atoms with E-state index in [9.17, 15) is 9.65 Å². The molecular weight excluding hydrogens is 413 g/mol. The lowest BCUT2D eigenvalue weighted by molar-refractivity contribution is 0.305. The summed E-state index contributed by atoms with van der Waals surface area (Å²) in [6.45, 7) is 4.33. The van der Waals surface area contributed by atoms with Gasteiger partial charge in [-0.25, -0.2) is 9.37 Å². The first-order chi connectivity index (χ1) is 14.9. The number of nitrogens with two attached hydrogens (primary N) is 1. The van der Waals surface area contributed by atoms with Crippen LogP contribution in [0.5, 0.6) is 5.75 Å². The van der Waals surface area contributed by atoms with E-state index in [4.69, 9.17) is 22.1 Å². The molecule has 4 nitrogen and oxygen atoms in total. The molecule has 1 aliphatic rings. The second-order valence-corrected chi connectivity index (χ2v) is 8.36. The molecule has 0 unspecified atom stereocenters. The molecule has 0 saturated heterocycles. The molecule has 1 heterocycles. The molecule has 0 saturated carbocycles. The van der Waals surface area contributed by atoms with Crippen LogP contribution in [-0.4, -0.2) is 4.98 Å². The molecule has 6 heteroatoms. The minimum atomic E-state index is -0.407. The number of benzene rings is 2. The molecule has 3 aromatic rings. The van der Waals surface area contributed by atoms with Crippen molar-refractivity contribution in [2.24, 2.45) is 0 Å². The fraction of sp³-hybridized carbons (Fsp3) is 0.280. The van der Waals surface area contributed by atoms with E-state index in [0.29, 0.717) is 11.3 Å². The van der Waals surface area contributed by atoms with Crippen LogP contribution in [0.15, 0.2) is 30.3 Å². The predicted octanol–water partition coefficient (Wildman–Crippen LogP) is 6.07. The number of nitrogen functional groups attached to an aromatic ring is 1. The Balaban J connectivity index is 1.79. The van der Waals surface area contributed by atoms with Crippen molar-refractivity contribution >= 4 is 17.4 Å². The molecule has 1 aromatic heterocycles. The Morgan fingerprint density at radius 3 is 2.68 bits per heavy atom. The average molecular weight is 436 g/mol. The van der Waals surface area contributed by atoms with Crippen LogP contribution >= 0.6 is 11.6 Å². The zero-order chi connectivity index (χ0) is 22.1. The number of fused-ring (bicyclic) bond motifs is 1. The van der Waals surface area contributed by atoms with Crippen LogP contribution in [0.1, 0.15) is 46.4 Å². The number of rotatable bonds is 4. The second-order valence-electron chi connectivity index (χ2n) is 7.95. The van der Waals surface area contributed by atoms with E-state index >= 15 is 0 Å². The number of nitriles is 1. The predicted molar refractivity (Wildman–Crippen MR) is 121 cm³/mol. The largest absolute Gasteiger partial charge is 0.487 e. The third-order valence-electron chi connectivity index (χ3n) is 5.84. The molecule has 31 heavy (non-hydrogen) atoms. The van der Waals surface area contributed by atoms with E-state index in [0.717, 1.165) is 64.8 Å². The van der Waals surface area contributed by atoms with Gasteiger partial charge in [0.15, 0.2) is 0 Å². The maximum Gasteiger partial charge on any atom is 0.142 e. The van der Waals surface area contributed by atoms with Gasteiger partial charge in [0.1, 0.15) is 35.6 Å². The van der Waals surface area contributed by atoms with Crippen molar-refractivity contribution in [1.82, 2.24) is 4.98 Å². The van der Waals surface area contributed by atoms with Crippen molar-refractivity contribution in [2.45, 2.75) is 46.1 Å². The van der Waals surface area contributed by atoms with Gasteiger partial charge >= 0.3 is 0 Å². The summed E-state index contributed by atoms with van der Waals surface area (Å²) in [5.74, 6) is 0.303. The second kappa shape index (κ2) is 8.56. The molecule has 158 valence electrons. The van der Waals surface area contributed by atoms with E-state index in [2.05, 4.69) is 23.2 Å². The number of anilines is 1. The van der Waals surface area contributed by atoms with Gasteiger partial charge in [-0.05, 0) is 91.6 Å². The number of hydrogen-bond acceptors (Lipinski definition) is 4. The van der Waals surface area contributed by atoms with Crippen LogP contribution in [0.2, 0.25) is 5.02 Å². The molecule has 0 fully saturated rings. The molecular formula is C25H23ClFN3O. The van der Waals surface area contributed by atoms with E-state index in [1.54, 1.807) is 0 Å². The van der Waals surface area contributed by atoms with Crippen molar-refractivity contribution < 1.29 is 9.13 Å². The quantitative estimate of drug-likeness (QED) is 0.539. The summed E-state index contributed by atoms with van der Waals surface area (Å²) in [5, 5.41) is 10.1. The summed E-state index contributed by atoms with van der Waals surface area (Å²) in [7, 11) is 0. The Morgan fingerprint density at radius 1 is 1.16 bits per heavy atom. The van der Waals surface area contributed by atoms with Gasteiger partial charge in [-0.15, -0.1) is 0 Å². The summed E-state index contributed by atoms with van der Waals surface area (Å²) in [5.41, 5.74) is 13.7. The van der Waals surface area contributed by atoms with E-state index in [1.807, 2.05) is 13.8 Å². The molecule has 1 aliphatic carbocycles. The topological polar surface area (TPSA) is 71.9 Å². The third-order valence-corrected chi connectivity index (χ3v) is 6.14. The lowest BCUT2D eigenvalue weighted by Gasteiger charge is -2.23. The first-order valence-corrected chi connectivity index (χ1v) is 10.7. The minimum absolute atomic E-state index is 0.229. The molecule has 0 aliphatic heterocycles. The summed E-state index contributed by atoms with van der Waals surface area (Å²) in [4.78, 5) is 4.52. The lowest BCUT2D eigenvalue weighted by Crippen LogP contribution is -2.12. The minimum Gasteiger partial charge on any atom is -0.487 e. The fourth-order valence-electron chi connectivity index (χ4n) is 4.24. The normalized spacial score (nSPS) is 12.9. The molecule has 2 aromatic carbocycles.